The van der Waals surface area contributed by atoms with E-state index in [0.29, 0.717) is 31.4 Å². The van der Waals surface area contributed by atoms with Crippen LogP contribution in [0.25, 0.3) is 0 Å². The second-order valence-corrected chi connectivity index (χ2v) is 11.7. The average Bonchev–Trinajstić information content (AvgIpc) is 2.97. The number of amides is 3. The Bertz CT molecular complexity index is 1360. The number of carbonyl (C=O) groups excluding carboxylic acids is 4. The van der Waals surface area contributed by atoms with Crippen molar-refractivity contribution in [3.8, 4) is 0 Å². The Morgan fingerprint density at radius 3 is 2.35 bits per heavy atom. The zero-order chi connectivity index (χ0) is 28.9. The van der Waals surface area contributed by atoms with Crippen LogP contribution in [0.4, 0.5) is 5.69 Å². The quantitative estimate of drug-likeness (QED) is 0.234. The predicted molar refractivity (Wildman–Crippen MR) is 145 cm³/mol. The lowest BCUT2D eigenvalue weighted by Gasteiger charge is -2.49. The minimum Gasteiger partial charge on any atom is -0.467 e. The van der Waals surface area contributed by atoms with Crippen LogP contribution in [0.15, 0.2) is 59.5 Å². The van der Waals surface area contributed by atoms with Gasteiger partial charge in [-0.15, -0.1) is 0 Å². The highest BCUT2D eigenvalue weighted by atomic mass is 32.2. The van der Waals surface area contributed by atoms with Gasteiger partial charge < -0.3 is 26.4 Å². The third-order valence-electron chi connectivity index (χ3n) is 7.27. The number of ether oxygens (including phenoxy) is 1. The number of fused-ring (bicyclic) bond motifs is 3. The van der Waals surface area contributed by atoms with Crippen LogP contribution >= 0.6 is 0 Å². The van der Waals surface area contributed by atoms with Gasteiger partial charge in [0.2, 0.25) is 21.8 Å². The smallest absolute Gasteiger partial charge is 0.330 e. The fourth-order valence-corrected chi connectivity index (χ4v) is 7.22. The molecular formula is C27H33N5O7S. The number of esters is 1. The normalized spacial score (nSPS) is 21.2. The molecule has 214 valence electrons. The summed E-state index contributed by atoms with van der Waals surface area (Å²) >= 11 is 0. The van der Waals surface area contributed by atoms with Crippen molar-refractivity contribution < 1.29 is 32.3 Å². The van der Waals surface area contributed by atoms with Gasteiger partial charge in [-0.3, -0.25) is 14.4 Å². The Morgan fingerprint density at radius 2 is 1.70 bits per heavy atom. The second-order valence-electron chi connectivity index (χ2n) is 9.86. The van der Waals surface area contributed by atoms with Crippen molar-refractivity contribution in [3.05, 3.63) is 60.2 Å². The zero-order valence-corrected chi connectivity index (χ0v) is 22.9. The first-order valence-corrected chi connectivity index (χ1v) is 14.4. The maximum atomic E-state index is 13.6. The highest BCUT2D eigenvalue weighted by Crippen LogP contribution is 2.42. The fourth-order valence-electron chi connectivity index (χ4n) is 5.31. The summed E-state index contributed by atoms with van der Waals surface area (Å²) in [5.41, 5.74) is 6.36. The topological polar surface area (TPSA) is 177 Å². The Morgan fingerprint density at radius 1 is 1.00 bits per heavy atom. The maximum Gasteiger partial charge on any atom is 0.330 e. The van der Waals surface area contributed by atoms with E-state index in [9.17, 15) is 27.6 Å². The first-order valence-electron chi connectivity index (χ1n) is 13.0. The van der Waals surface area contributed by atoms with E-state index in [1.807, 2.05) is 0 Å². The summed E-state index contributed by atoms with van der Waals surface area (Å²) in [6.07, 6.45) is 2.68. The summed E-state index contributed by atoms with van der Waals surface area (Å²) in [6, 6.07) is 11.6. The number of nitrogens with zero attached hydrogens (tertiary/aromatic N) is 1. The van der Waals surface area contributed by atoms with Gasteiger partial charge in [-0.1, -0.05) is 24.3 Å². The molecule has 5 rings (SSSR count). The molecule has 1 aliphatic carbocycles. The lowest BCUT2D eigenvalue weighted by molar-refractivity contribution is -0.146. The minimum absolute atomic E-state index is 0.0948. The molecule has 0 spiro atoms. The molecule has 2 aromatic rings. The van der Waals surface area contributed by atoms with Crippen LogP contribution in [0.5, 0.6) is 0 Å². The molecule has 3 fully saturated rings. The molecule has 3 amide bonds. The van der Waals surface area contributed by atoms with E-state index in [1.54, 1.807) is 36.4 Å². The van der Waals surface area contributed by atoms with E-state index >= 15 is 0 Å². The molecule has 2 atom stereocenters. The van der Waals surface area contributed by atoms with Crippen LogP contribution in [0.3, 0.4) is 0 Å². The van der Waals surface area contributed by atoms with E-state index in [1.165, 1.54) is 22.5 Å². The predicted octanol–water partition coefficient (Wildman–Crippen LogP) is 0.405. The molecule has 5 N–H and O–H groups in total. The van der Waals surface area contributed by atoms with Gasteiger partial charge in [0.25, 0.3) is 5.91 Å². The van der Waals surface area contributed by atoms with Crippen LogP contribution in [-0.4, -0.2) is 74.7 Å². The summed E-state index contributed by atoms with van der Waals surface area (Å²) < 4.78 is 33.3. The average molecular weight is 572 g/mol. The van der Waals surface area contributed by atoms with Crippen molar-refractivity contribution >= 4 is 39.4 Å². The number of anilines is 1. The number of piperidine rings is 2. The number of benzene rings is 2. The molecule has 40 heavy (non-hydrogen) atoms. The number of carbonyl (C=O) groups is 4. The fraction of sp³-hybridized carbons (Fsp3) is 0.407. The summed E-state index contributed by atoms with van der Waals surface area (Å²) in [7, 11) is -2.83. The molecule has 0 aromatic heterocycles. The van der Waals surface area contributed by atoms with Gasteiger partial charge in [0.15, 0.2) is 0 Å². The number of hydrogen-bond donors (Lipinski definition) is 4. The molecule has 1 unspecified atom stereocenters. The Kier molecular flexibility index (Phi) is 9.05. The lowest BCUT2D eigenvalue weighted by Crippen LogP contribution is -2.64. The van der Waals surface area contributed by atoms with Gasteiger partial charge >= 0.3 is 5.97 Å². The van der Waals surface area contributed by atoms with Crippen molar-refractivity contribution in [1.82, 2.24) is 20.3 Å². The maximum absolute atomic E-state index is 13.6. The number of methoxy groups -OCH3 is 1. The molecule has 3 aliphatic rings. The van der Waals surface area contributed by atoms with E-state index in [2.05, 4.69) is 16.0 Å². The highest BCUT2D eigenvalue weighted by Gasteiger charge is 2.51. The molecule has 12 nitrogen and oxygen atoms in total. The second kappa shape index (κ2) is 12.5. The monoisotopic (exact) mass is 571 g/mol. The summed E-state index contributed by atoms with van der Waals surface area (Å²) in [5, 5.41) is 7.55. The van der Waals surface area contributed by atoms with Crippen molar-refractivity contribution in [2.75, 3.05) is 25.9 Å². The summed E-state index contributed by atoms with van der Waals surface area (Å²) in [6.45, 7) is -0.706. The molecule has 2 heterocycles. The molecule has 2 aromatic carbocycles. The van der Waals surface area contributed by atoms with Gasteiger partial charge in [0, 0.05) is 23.8 Å². The van der Waals surface area contributed by atoms with E-state index < -0.39 is 45.8 Å². The molecule has 0 radical (unpaired) electrons. The van der Waals surface area contributed by atoms with Crippen molar-refractivity contribution in [2.45, 2.75) is 48.7 Å². The van der Waals surface area contributed by atoms with Gasteiger partial charge in [0.1, 0.15) is 12.1 Å². The van der Waals surface area contributed by atoms with E-state index in [-0.39, 0.29) is 35.5 Å². The highest BCUT2D eigenvalue weighted by molar-refractivity contribution is 7.89. The van der Waals surface area contributed by atoms with Crippen LogP contribution in [0.1, 0.15) is 36.0 Å². The van der Waals surface area contributed by atoms with Crippen molar-refractivity contribution in [3.63, 3.8) is 0 Å². The van der Waals surface area contributed by atoms with Crippen molar-refractivity contribution in [2.24, 2.45) is 5.92 Å². The zero-order valence-electron chi connectivity index (χ0n) is 22.0. The Balaban J connectivity index is 1.42. The third-order valence-corrected chi connectivity index (χ3v) is 9.22. The molecule has 2 aliphatic heterocycles. The summed E-state index contributed by atoms with van der Waals surface area (Å²) in [5.74, 6) is -2.76. The van der Waals surface area contributed by atoms with E-state index in [0.717, 1.165) is 7.11 Å². The molecule has 2 saturated heterocycles. The number of nitrogen functional groups attached to an aromatic ring is 1. The van der Waals surface area contributed by atoms with Crippen LogP contribution < -0.4 is 21.7 Å². The third kappa shape index (κ3) is 6.42. The lowest BCUT2D eigenvalue weighted by atomic mass is 9.76. The number of hydrogen-bond acceptors (Lipinski definition) is 8. The Hall–Kier alpha value is -3.97. The number of nitrogens with two attached hydrogens (primary N) is 1. The molecular weight excluding hydrogens is 538 g/mol. The van der Waals surface area contributed by atoms with Crippen LogP contribution in [0.2, 0.25) is 0 Å². The molecule has 2 bridgehead atoms. The molecule has 1 saturated carbocycles. The number of sulfonamides is 1. The number of rotatable bonds is 10. The van der Waals surface area contributed by atoms with Crippen LogP contribution in [-0.2, 0) is 29.1 Å². The van der Waals surface area contributed by atoms with Gasteiger partial charge in [0.05, 0.1) is 18.6 Å². The first-order chi connectivity index (χ1) is 19.1. The Labute approximate surface area is 232 Å². The van der Waals surface area contributed by atoms with Crippen molar-refractivity contribution in [1.29, 1.82) is 0 Å². The number of nitrogens with one attached hydrogen (secondary N) is 3. The molecule has 13 heteroatoms. The summed E-state index contributed by atoms with van der Waals surface area (Å²) in [4.78, 5) is 50.8. The van der Waals surface area contributed by atoms with Gasteiger partial charge in [-0.2, -0.15) is 4.31 Å². The first kappa shape index (κ1) is 29.0. The van der Waals surface area contributed by atoms with Gasteiger partial charge in [-0.25, -0.2) is 13.2 Å². The van der Waals surface area contributed by atoms with E-state index in [4.69, 9.17) is 10.5 Å². The SMILES string of the molecule is COC(=O)[C@@H](CNC(=O)CNC(=O)c1cccc(N)c1)NC(=O)C1C2CCC(CC2)N1S(=O)(=O)c1ccccc1. The van der Waals surface area contributed by atoms with Crippen LogP contribution in [0, 0.1) is 5.92 Å². The minimum atomic E-state index is -3.98. The van der Waals surface area contributed by atoms with Gasteiger partial charge in [-0.05, 0) is 61.9 Å². The largest absolute Gasteiger partial charge is 0.467 e. The standard InChI is InChI=1S/C27H33N5O7S/c1-39-27(36)22(15-29-23(33)16-30-25(34)18-6-5-7-19(28)14-18)31-26(35)24-17-10-12-20(13-11-17)32(24)40(37,38)21-8-3-2-4-9-21/h2-9,14,17,20,22,24H,10-13,15-16,28H2,1H3,(H,29,33)(H,30,34)(H,31,35)/t17?,20?,22-,24?/m1/s1.